The van der Waals surface area contributed by atoms with Gasteiger partial charge in [0.25, 0.3) is 0 Å². The SMILES string of the molecule is Cc1ccccc1CN1CCC(C(=O)NC23CC4CC(CC(C4)C2)C3)CC1. The zero-order valence-electron chi connectivity index (χ0n) is 16.8. The van der Waals surface area contributed by atoms with Crippen molar-refractivity contribution in [2.75, 3.05) is 13.1 Å². The summed E-state index contributed by atoms with van der Waals surface area (Å²) < 4.78 is 0. The van der Waals surface area contributed by atoms with Gasteiger partial charge in [0, 0.05) is 18.0 Å². The maximum absolute atomic E-state index is 13.1. The van der Waals surface area contributed by atoms with Gasteiger partial charge in [-0.1, -0.05) is 24.3 Å². The first-order valence-electron chi connectivity index (χ1n) is 11.2. The Kier molecular flexibility index (Phi) is 4.54. The lowest BCUT2D eigenvalue weighted by molar-refractivity contribution is -0.132. The van der Waals surface area contributed by atoms with Gasteiger partial charge in [0.1, 0.15) is 0 Å². The highest BCUT2D eigenvalue weighted by Gasteiger charge is 2.51. The van der Waals surface area contributed by atoms with E-state index >= 15 is 0 Å². The molecule has 3 heteroatoms. The molecule has 3 nitrogen and oxygen atoms in total. The van der Waals surface area contributed by atoms with E-state index in [2.05, 4.69) is 41.4 Å². The maximum atomic E-state index is 13.1. The van der Waals surface area contributed by atoms with Gasteiger partial charge in [0.2, 0.25) is 5.91 Å². The Morgan fingerprint density at radius 1 is 1.04 bits per heavy atom. The zero-order chi connectivity index (χ0) is 18.4. The molecule has 27 heavy (non-hydrogen) atoms. The van der Waals surface area contributed by atoms with E-state index in [0.29, 0.717) is 5.91 Å². The van der Waals surface area contributed by atoms with Crippen LogP contribution < -0.4 is 5.32 Å². The Morgan fingerprint density at radius 3 is 2.22 bits per heavy atom. The van der Waals surface area contributed by atoms with Crippen molar-refractivity contribution >= 4 is 5.91 Å². The number of carbonyl (C=O) groups is 1. The first-order valence-corrected chi connectivity index (χ1v) is 11.2. The van der Waals surface area contributed by atoms with Crippen LogP contribution in [0.15, 0.2) is 24.3 Å². The summed E-state index contributed by atoms with van der Waals surface area (Å²) in [6.07, 6.45) is 10.1. The standard InChI is InChI=1S/C24H34N2O/c1-17-4-2-3-5-22(17)16-26-8-6-21(7-9-26)23(27)25-24-13-18-10-19(14-24)12-20(11-18)15-24/h2-5,18-21H,6-16H2,1H3,(H,25,27). The minimum absolute atomic E-state index is 0.171. The molecule has 1 saturated heterocycles. The molecule has 0 atom stereocenters. The maximum Gasteiger partial charge on any atom is 0.223 e. The molecule has 5 aliphatic rings. The number of piperidine rings is 1. The molecule has 1 aromatic carbocycles. The lowest BCUT2D eigenvalue weighted by atomic mass is 9.53. The zero-order valence-corrected chi connectivity index (χ0v) is 16.8. The van der Waals surface area contributed by atoms with Gasteiger partial charge in [-0.3, -0.25) is 9.69 Å². The van der Waals surface area contributed by atoms with E-state index in [1.54, 1.807) is 0 Å². The van der Waals surface area contributed by atoms with Gasteiger partial charge in [0.15, 0.2) is 0 Å². The van der Waals surface area contributed by atoms with E-state index in [4.69, 9.17) is 0 Å². The second-order valence-electron chi connectivity index (χ2n) is 10.2. The van der Waals surface area contributed by atoms with Gasteiger partial charge in [-0.05, 0) is 100 Å². The van der Waals surface area contributed by atoms with Crippen molar-refractivity contribution in [1.29, 1.82) is 0 Å². The molecule has 5 fully saturated rings. The fraction of sp³-hybridized carbons (Fsp3) is 0.708. The summed E-state index contributed by atoms with van der Waals surface area (Å²) in [7, 11) is 0. The quantitative estimate of drug-likeness (QED) is 0.862. The molecule has 1 aromatic rings. The van der Waals surface area contributed by atoms with Crippen molar-refractivity contribution in [1.82, 2.24) is 10.2 Å². The average molecular weight is 367 g/mol. The molecule has 4 bridgehead atoms. The molecule has 1 amide bonds. The summed E-state index contributed by atoms with van der Waals surface area (Å²) in [5, 5.41) is 3.61. The molecule has 1 N–H and O–H groups in total. The van der Waals surface area contributed by atoms with Crippen molar-refractivity contribution in [3.8, 4) is 0 Å². The Hall–Kier alpha value is -1.35. The predicted molar refractivity (Wildman–Crippen MR) is 108 cm³/mol. The third-order valence-corrected chi connectivity index (χ3v) is 8.04. The van der Waals surface area contributed by atoms with Crippen molar-refractivity contribution in [2.45, 2.75) is 70.4 Å². The van der Waals surface area contributed by atoms with Gasteiger partial charge in [0.05, 0.1) is 0 Å². The van der Waals surface area contributed by atoms with Crippen LogP contribution in [0.1, 0.15) is 62.5 Å². The fourth-order valence-corrected chi connectivity index (χ4v) is 7.01. The first kappa shape index (κ1) is 17.7. The number of hydrogen-bond donors (Lipinski definition) is 1. The number of carbonyl (C=O) groups excluding carboxylic acids is 1. The van der Waals surface area contributed by atoms with Crippen LogP contribution in [0.25, 0.3) is 0 Å². The number of rotatable bonds is 4. The minimum atomic E-state index is 0.171. The van der Waals surface area contributed by atoms with E-state index in [1.807, 2.05) is 0 Å². The van der Waals surface area contributed by atoms with Gasteiger partial charge >= 0.3 is 0 Å². The van der Waals surface area contributed by atoms with E-state index in [-0.39, 0.29) is 11.5 Å². The smallest absolute Gasteiger partial charge is 0.223 e. The van der Waals surface area contributed by atoms with Crippen molar-refractivity contribution in [3.63, 3.8) is 0 Å². The van der Waals surface area contributed by atoms with Crippen LogP contribution >= 0.6 is 0 Å². The Bertz CT molecular complexity index is 669. The third kappa shape index (κ3) is 3.55. The molecule has 1 heterocycles. The molecule has 0 unspecified atom stereocenters. The summed E-state index contributed by atoms with van der Waals surface area (Å²) in [6.45, 7) is 5.32. The van der Waals surface area contributed by atoms with Gasteiger partial charge in [-0.25, -0.2) is 0 Å². The second kappa shape index (κ2) is 6.92. The van der Waals surface area contributed by atoms with Crippen LogP contribution in [0.2, 0.25) is 0 Å². The monoisotopic (exact) mass is 366 g/mol. The number of likely N-dealkylation sites (tertiary alicyclic amines) is 1. The number of nitrogens with one attached hydrogen (secondary N) is 1. The highest BCUT2D eigenvalue weighted by atomic mass is 16.2. The van der Waals surface area contributed by atoms with Crippen LogP contribution in [-0.2, 0) is 11.3 Å². The first-order chi connectivity index (χ1) is 13.1. The molecular weight excluding hydrogens is 332 g/mol. The van der Waals surface area contributed by atoms with Crippen LogP contribution in [-0.4, -0.2) is 29.4 Å². The molecular formula is C24H34N2O. The number of benzene rings is 1. The van der Waals surface area contributed by atoms with E-state index in [0.717, 1.165) is 50.2 Å². The molecule has 1 aliphatic heterocycles. The topological polar surface area (TPSA) is 32.3 Å². The number of amides is 1. The lowest BCUT2D eigenvalue weighted by Crippen LogP contribution is -2.61. The third-order valence-electron chi connectivity index (χ3n) is 8.04. The van der Waals surface area contributed by atoms with Crippen LogP contribution in [0.5, 0.6) is 0 Å². The van der Waals surface area contributed by atoms with Crippen molar-refractivity contribution < 1.29 is 4.79 Å². The van der Waals surface area contributed by atoms with Gasteiger partial charge in [-0.2, -0.15) is 0 Å². The van der Waals surface area contributed by atoms with Gasteiger partial charge < -0.3 is 5.32 Å². The van der Waals surface area contributed by atoms with Crippen LogP contribution in [0, 0.1) is 30.6 Å². The highest BCUT2D eigenvalue weighted by Crippen LogP contribution is 2.55. The van der Waals surface area contributed by atoms with Crippen LogP contribution in [0.4, 0.5) is 0 Å². The molecule has 6 rings (SSSR count). The average Bonchev–Trinajstić information content (AvgIpc) is 2.63. The van der Waals surface area contributed by atoms with Crippen LogP contribution in [0.3, 0.4) is 0 Å². The number of nitrogens with zero attached hydrogens (tertiary/aromatic N) is 1. The summed E-state index contributed by atoms with van der Waals surface area (Å²) in [5.41, 5.74) is 2.97. The summed E-state index contributed by atoms with van der Waals surface area (Å²) in [6, 6.07) is 8.68. The number of aryl methyl sites for hydroxylation is 1. The summed E-state index contributed by atoms with van der Waals surface area (Å²) >= 11 is 0. The largest absolute Gasteiger partial charge is 0.350 e. The predicted octanol–water partition coefficient (Wildman–Crippen LogP) is 4.29. The molecule has 4 saturated carbocycles. The molecule has 0 radical (unpaired) electrons. The molecule has 146 valence electrons. The second-order valence-corrected chi connectivity index (χ2v) is 10.2. The van der Waals surface area contributed by atoms with Crippen molar-refractivity contribution in [2.24, 2.45) is 23.7 Å². The van der Waals surface area contributed by atoms with Crippen molar-refractivity contribution in [3.05, 3.63) is 35.4 Å². The number of hydrogen-bond acceptors (Lipinski definition) is 2. The van der Waals surface area contributed by atoms with Gasteiger partial charge in [-0.15, -0.1) is 0 Å². The highest BCUT2D eigenvalue weighted by molar-refractivity contribution is 5.79. The molecule has 0 aromatic heterocycles. The Balaban J connectivity index is 1.16. The lowest BCUT2D eigenvalue weighted by Gasteiger charge is -2.57. The summed E-state index contributed by atoms with van der Waals surface area (Å²) in [4.78, 5) is 15.6. The fourth-order valence-electron chi connectivity index (χ4n) is 7.01. The Morgan fingerprint density at radius 2 is 1.63 bits per heavy atom. The normalized spacial score (nSPS) is 36.1. The Labute approximate surface area is 163 Å². The molecule has 0 spiro atoms. The minimum Gasteiger partial charge on any atom is -0.350 e. The molecule has 4 aliphatic carbocycles. The van der Waals surface area contributed by atoms with E-state index in [1.165, 1.54) is 49.7 Å². The summed E-state index contributed by atoms with van der Waals surface area (Å²) in [5.74, 6) is 3.28. The van der Waals surface area contributed by atoms with E-state index < -0.39 is 0 Å². The van der Waals surface area contributed by atoms with E-state index in [9.17, 15) is 4.79 Å².